The molecule has 3 N–H and O–H groups in total. The molecule has 0 aromatic heterocycles. The molecular weight excluding hydrogens is 246 g/mol. The minimum Gasteiger partial charge on any atom is -0.478 e. The van der Waals surface area contributed by atoms with E-state index in [1.165, 1.54) is 0 Å². The van der Waals surface area contributed by atoms with E-state index in [1.807, 2.05) is 36.4 Å². The van der Waals surface area contributed by atoms with Crippen LogP contribution in [0.2, 0.25) is 0 Å². The van der Waals surface area contributed by atoms with E-state index in [0.717, 1.165) is 16.8 Å². The van der Waals surface area contributed by atoms with Crippen molar-refractivity contribution >= 4 is 22.8 Å². The maximum Gasteiger partial charge on any atom is 0.409 e. The summed E-state index contributed by atoms with van der Waals surface area (Å²) in [5, 5.41) is 9.51. The van der Waals surface area contributed by atoms with Crippen LogP contribution in [0.3, 0.4) is 0 Å². The number of carboxylic acid groups (broad SMARTS) is 1. The van der Waals surface area contributed by atoms with Gasteiger partial charge in [0, 0.05) is 11.5 Å². The number of aliphatic carboxylic acids is 1. The van der Waals surface area contributed by atoms with E-state index in [9.17, 15) is 9.59 Å². The van der Waals surface area contributed by atoms with Crippen LogP contribution in [0.1, 0.15) is 0 Å². The van der Waals surface area contributed by atoms with Crippen LogP contribution in [-0.4, -0.2) is 17.2 Å². The second-order valence-electron chi connectivity index (χ2n) is 3.44. The summed E-state index contributed by atoms with van der Waals surface area (Å²) in [4.78, 5) is 19.9. The third-order valence-electron chi connectivity index (χ3n) is 2.13. The summed E-state index contributed by atoms with van der Waals surface area (Å²) < 4.78 is 4.87. The summed E-state index contributed by atoms with van der Waals surface area (Å²) in [5.74, 6) is -0.486. The van der Waals surface area contributed by atoms with Crippen molar-refractivity contribution in [1.82, 2.24) is 0 Å². The van der Waals surface area contributed by atoms with Crippen molar-refractivity contribution in [2.24, 2.45) is 5.73 Å². The number of fused-ring (bicyclic) bond motifs is 1. The highest BCUT2D eigenvalue weighted by Crippen LogP contribution is 2.24. The number of carbonyl (C=O) groups excluding carboxylic acids is 1. The lowest BCUT2D eigenvalue weighted by atomic mass is 10.1. The van der Waals surface area contributed by atoms with Gasteiger partial charge in [0.15, 0.2) is 0 Å². The van der Waals surface area contributed by atoms with E-state index < -0.39 is 12.1 Å². The first-order valence-corrected chi connectivity index (χ1v) is 5.35. The molecule has 0 atom stereocenters. The molecule has 0 saturated carbocycles. The summed E-state index contributed by atoms with van der Waals surface area (Å²) in [5.41, 5.74) is 4.95. The molecular formula is C14H13NO4. The van der Waals surface area contributed by atoms with Gasteiger partial charge in [-0.1, -0.05) is 43.0 Å². The second-order valence-corrected chi connectivity index (χ2v) is 3.44. The third-order valence-corrected chi connectivity index (χ3v) is 2.13. The van der Waals surface area contributed by atoms with Gasteiger partial charge in [-0.25, -0.2) is 9.59 Å². The molecule has 5 nitrogen and oxygen atoms in total. The van der Waals surface area contributed by atoms with Gasteiger partial charge in [-0.15, -0.1) is 0 Å². The standard InChI is InChI=1S/C11H9NO2.C3H4O2/c12-11(13)14-10-7-3-5-8-4-1-2-6-9(8)10;1-2-3(4)5/h1-7H,(H2,12,13);2H,1H2,(H,4,5). The fourth-order valence-electron chi connectivity index (χ4n) is 1.39. The fourth-order valence-corrected chi connectivity index (χ4v) is 1.39. The van der Waals surface area contributed by atoms with Crippen molar-refractivity contribution in [3.63, 3.8) is 0 Å². The van der Waals surface area contributed by atoms with Gasteiger partial charge < -0.3 is 15.6 Å². The SMILES string of the molecule is C=CC(=O)O.NC(=O)Oc1cccc2ccccc12. The topological polar surface area (TPSA) is 89.6 Å². The highest BCUT2D eigenvalue weighted by atomic mass is 16.5. The minimum atomic E-state index is -0.981. The molecule has 19 heavy (non-hydrogen) atoms. The van der Waals surface area contributed by atoms with Crippen LogP contribution < -0.4 is 10.5 Å². The smallest absolute Gasteiger partial charge is 0.409 e. The van der Waals surface area contributed by atoms with E-state index in [1.54, 1.807) is 6.07 Å². The largest absolute Gasteiger partial charge is 0.478 e. The molecule has 0 spiro atoms. The molecule has 5 heteroatoms. The van der Waals surface area contributed by atoms with Crippen LogP contribution in [0.15, 0.2) is 55.1 Å². The Morgan fingerprint density at radius 3 is 2.32 bits per heavy atom. The zero-order valence-electron chi connectivity index (χ0n) is 10.1. The Kier molecular flexibility index (Phi) is 5.10. The number of rotatable bonds is 2. The maximum absolute atomic E-state index is 10.6. The van der Waals surface area contributed by atoms with Crippen LogP contribution in [0.4, 0.5) is 4.79 Å². The molecule has 0 fully saturated rings. The van der Waals surface area contributed by atoms with Crippen LogP contribution in [-0.2, 0) is 4.79 Å². The number of ether oxygens (including phenoxy) is 1. The third kappa shape index (κ3) is 4.51. The summed E-state index contributed by atoms with van der Waals surface area (Å²) in [6, 6.07) is 13.1. The molecule has 0 bridgehead atoms. The lowest BCUT2D eigenvalue weighted by Crippen LogP contribution is -2.16. The minimum absolute atomic E-state index is 0.496. The monoisotopic (exact) mass is 259 g/mol. The Morgan fingerprint density at radius 1 is 1.16 bits per heavy atom. The summed E-state index contributed by atoms with van der Waals surface area (Å²) in [7, 11) is 0. The van der Waals surface area contributed by atoms with Crippen LogP contribution in [0.25, 0.3) is 10.8 Å². The van der Waals surface area contributed by atoms with Crippen LogP contribution in [0.5, 0.6) is 5.75 Å². The number of hydrogen-bond acceptors (Lipinski definition) is 3. The summed E-state index contributed by atoms with van der Waals surface area (Å²) in [6.07, 6.45) is 0.0429. The molecule has 0 aliphatic carbocycles. The number of hydrogen-bond donors (Lipinski definition) is 2. The number of benzene rings is 2. The zero-order chi connectivity index (χ0) is 14.3. The molecule has 0 radical (unpaired) electrons. The van der Waals surface area contributed by atoms with E-state index in [2.05, 4.69) is 6.58 Å². The Bertz CT molecular complexity index is 602. The first-order valence-electron chi connectivity index (χ1n) is 5.35. The Hall–Kier alpha value is -2.82. The van der Waals surface area contributed by atoms with Crippen molar-refractivity contribution in [1.29, 1.82) is 0 Å². The van der Waals surface area contributed by atoms with Crippen molar-refractivity contribution in [2.45, 2.75) is 0 Å². The number of nitrogens with two attached hydrogens (primary N) is 1. The number of primary amides is 1. The molecule has 2 aromatic rings. The average Bonchev–Trinajstić information content (AvgIpc) is 2.39. The molecule has 0 heterocycles. The molecule has 0 aliphatic rings. The zero-order valence-corrected chi connectivity index (χ0v) is 10.1. The first kappa shape index (κ1) is 14.2. The predicted molar refractivity (Wildman–Crippen MR) is 72.0 cm³/mol. The van der Waals surface area contributed by atoms with Crippen LogP contribution >= 0.6 is 0 Å². The van der Waals surface area contributed by atoms with Crippen molar-refractivity contribution in [2.75, 3.05) is 0 Å². The van der Waals surface area contributed by atoms with Gasteiger partial charge in [0.1, 0.15) is 5.75 Å². The number of amides is 1. The Morgan fingerprint density at radius 2 is 1.74 bits per heavy atom. The van der Waals surface area contributed by atoms with Gasteiger partial charge in [0.05, 0.1) is 0 Å². The van der Waals surface area contributed by atoms with Crippen LogP contribution in [0, 0.1) is 0 Å². The van der Waals surface area contributed by atoms with E-state index in [4.69, 9.17) is 15.6 Å². The van der Waals surface area contributed by atoms with Gasteiger partial charge >= 0.3 is 12.1 Å². The molecule has 2 aromatic carbocycles. The highest BCUT2D eigenvalue weighted by molar-refractivity contribution is 5.89. The Labute approximate surface area is 109 Å². The van der Waals surface area contributed by atoms with Crippen molar-refractivity contribution < 1.29 is 19.4 Å². The normalized spacial score (nSPS) is 9.05. The molecule has 0 aliphatic heterocycles. The Balaban J connectivity index is 0.000000312. The molecule has 0 saturated heterocycles. The number of carbonyl (C=O) groups is 2. The van der Waals surface area contributed by atoms with Gasteiger partial charge in [0.25, 0.3) is 0 Å². The van der Waals surface area contributed by atoms with E-state index in [0.29, 0.717) is 5.75 Å². The van der Waals surface area contributed by atoms with Crippen molar-refractivity contribution in [3.05, 3.63) is 55.1 Å². The fraction of sp³-hybridized carbons (Fsp3) is 0. The predicted octanol–water partition coefficient (Wildman–Crippen LogP) is 2.55. The lowest BCUT2D eigenvalue weighted by Gasteiger charge is -2.04. The summed E-state index contributed by atoms with van der Waals surface area (Å²) >= 11 is 0. The highest BCUT2D eigenvalue weighted by Gasteiger charge is 2.02. The van der Waals surface area contributed by atoms with Crippen molar-refractivity contribution in [3.8, 4) is 5.75 Å². The molecule has 2 rings (SSSR count). The second kappa shape index (κ2) is 6.80. The molecule has 98 valence electrons. The van der Waals surface area contributed by atoms with Gasteiger partial charge in [-0.05, 0) is 11.5 Å². The van der Waals surface area contributed by atoms with E-state index in [-0.39, 0.29) is 0 Å². The van der Waals surface area contributed by atoms with Gasteiger partial charge in [0.2, 0.25) is 0 Å². The molecule has 1 amide bonds. The average molecular weight is 259 g/mol. The number of carboxylic acids is 1. The van der Waals surface area contributed by atoms with Gasteiger partial charge in [-0.2, -0.15) is 0 Å². The molecule has 0 unspecified atom stereocenters. The maximum atomic E-state index is 10.6. The van der Waals surface area contributed by atoms with Gasteiger partial charge in [-0.3, -0.25) is 0 Å². The lowest BCUT2D eigenvalue weighted by molar-refractivity contribution is -0.131. The van der Waals surface area contributed by atoms with E-state index >= 15 is 0 Å². The quantitative estimate of drug-likeness (QED) is 0.811. The first-order chi connectivity index (χ1) is 9.04. The summed E-state index contributed by atoms with van der Waals surface area (Å²) in [6.45, 7) is 2.96.